The fourth-order valence-corrected chi connectivity index (χ4v) is 6.23. The SMILES string of the molecule is NP(OCCCCNC(=O)CCC(NC(=O)CCCCCNC(=O)CCCCCNC(=O)c1cnc(F)c(Cl)c1)C(=O)OCc1ccccc1)OCc1ccccc1. The first-order valence-corrected chi connectivity index (χ1v) is 21.2. The van der Waals surface area contributed by atoms with Gasteiger partial charge in [-0.05, 0) is 62.1 Å². The lowest BCUT2D eigenvalue weighted by molar-refractivity contribution is -0.149. The Kier molecular flexibility index (Phi) is 23.8. The molecule has 4 amide bonds. The van der Waals surface area contributed by atoms with E-state index in [2.05, 4.69) is 26.3 Å². The van der Waals surface area contributed by atoms with E-state index < -0.39 is 32.4 Å². The van der Waals surface area contributed by atoms with Crippen molar-refractivity contribution < 1.29 is 42.1 Å². The van der Waals surface area contributed by atoms with Gasteiger partial charge in [-0.2, -0.15) is 4.39 Å². The fraction of sp³-hybridized carbons (Fsp3) is 0.463. The monoisotopic (exact) mass is 844 g/mol. The molecule has 1 aromatic heterocycles. The fourth-order valence-electron chi connectivity index (χ4n) is 5.41. The van der Waals surface area contributed by atoms with Crippen LogP contribution in [-0.4, -0.2) is 66.9 Å². The average molecular weight is 845 g/mol. The molecule has 316 valence electrons. The van der Waals surface area contributed by atoms with Gasteiger partial charge in [0.25, 0.3) is 14.4 Å². The van der Waals surface area contributed by atoms with E-state index in [1.807, 2.05) is 60.7 Å². The van der Waals surface area contributed by atoms with E-state index in [9.17, 15) is 28.4 Å². The molecule has 17 heteroatoms. The second kappa shape index (κ2) is 28.8. The molecule has 0 radical (unpaired) electrons. The van der Waals surface area contributed by atoms with Crippen LogP contribution < -0.4 is 26.8 Å². The molecule has 1 heterocycles. The minimum absolute atomic E-state index is 0.0186. The maximum absolute atomic E-state index is 13.2. The lowest BCUT2D eigenvalue weighted by Gasteiger charge is -2.18. The van der Waals surface area contributed by atoms with Gasteiger partial charge in [-0.3, -0.25) is 24.7 Å². The number of unbranched alkanes of at least 4 members (excludes halogenated alkanes) is 5. The number of ether oxygens (including phenoxy) is 1. The zero-order chi connectivity index (χ0) is 41.8. The van der Waals surface area contributed by atoms with Crippen molar-refractivity contribution in [2.45, 2.75) is 96.3 Å². The topological polar surface area (TPSA) is 200 Å². The molecule has 0 aliphatic carbocycles. The van der Waals surface area contributed by atoms with Crippen molar-refractivity contribution in [2.24, 2.45) is 5.50 Å². The maximum Gasteiger partial charge on any atom is 0.328 e. The van der Waals surface area contributed by atoms with E-state index in [1.165, 1.54) is 6.07 Å². The molecule has 3 rings (SSSR count). The van der Waals surface area contributed by atoms with Crippen LogP contribution in [0, 0.1) is 5.95 Å². The Bertz CT molecular complexity index is 1700. The molecule has 0 bridgehead atoms. The molecule has 2 atom stereocenters. The van der Waals surface area contributed by atoms with Crippen molar-refractivity contribution in [3.8, 4) is 0 Å². The van der Waals surface area contributed by atoms with Crippen molar-refractivity contribution >= 4 is 49.7 Å². The van der Waals surface area contributed by atoms with Crippen molar-refractivity contribution in [3.63, 3.8) is 0 Å². The number of carbonyl (C=O) groups excluding carboxylic acids is 5. The zero-order valence-corrected chi connectivity index (χ0v) is 34.4. The van der Waals surface area contributed by atoms with Crippen LogP contribution in [0.5, 0.6) is 0 Å². The summed E-state index contributed by atoms with van der Waals surface area (Å²) in [5.74, 6) is -2.50. The summed E-state index contributed by atoms with van der Waals surface area (Å²) in [6.45, 7) is 2.10. The molecular formula is C41H55ClFN6O8P. The number of esters is 1. The average Bonchev–Trinajstić information content (AvgIpc) is 3.23. The van der Waals surface area contributed by atoms with E-state index in [-0.39, 0.29) is 54.2 Å². The summed E-state index contributed by atoms with van der Waals surface area (Å²) in [6.07, 6.45) is 7.05. The van der Waals surface area contributed by atoms with Gasteiger partial charge in [-0.1, -0.05) is 85.1 Å². The predicted octanol–water partition coefficient (Wildman–Crippen LogP) is 6.16. The molecule has 0 spiro atoms. The lowest BCUT2D eigenvalue weighted by Crippen LogP contribution is -2.42. The molecule has 2 aromatic carbocycles. The standard InChI is InChI=1S/C41H55ClFN6O8P/c42-34-27-33(28-48-39(34)43)40(53)47-25-12-3-9-19-36(50)45-23-11-4-10-20-38(52)49-35(41(54)55-29-31-15-5-1-6-16-31)21-22-37(51)46-24-13-14-26-56-58(44)57-30-32-17-7-2-8-18-32/h1-2,5-8,15-18,27-28,35H,3-4,9-14,19-26,29-30,44H2,(H,45,50)(H,46,51)(H,47,53)(H,49,52). The van der Waals surface area contributed by atoms with Crippen molar-refractivity contribution in [1.29, 1.82) is 0 Å². The lowest BCUT2D eigenvalue weighted by atomic mass is 10.1. The Hall–Kier alpha value is -4.53. The third-order valence-electron chi connectivity index (χ3n) is 8.64. The number of rotatable bonds is 29. The van der Waals surface area contributed by atoms with E-state index in [4.69, 9.17) is 30.9 Å². The first kappa shape index (κ1) is 47.8. The highest BCUT2D eigenvalue weighted by Gasteiger charge is 2.23. The van der Waals surface area contributed by atoms with Gasteiger partial charge in [0.05, 0.1) is 23.8 Å². The molecule has 2 unspecified atom stereocenters. The summed E-state index contributed by atoms with van der Waals surface area (Å²) in [6, 6.07) is 19.1. The molecule has 58 heavy (non-hydrogen) atoms. The zero-order valence-electron chi connectivity index (χ0n) is 32.7. The van der Waals surface area contributed by atoms with Gasteiger partial charge in [0.15, 0.2) is 0 Å². The number of carbonyl (C=O) groups is 5. The molecular weight excluding hydrogens is 790 g/mol. The Morgan fingerprint density at radius 1 is 0.707 bits per heavy atom. The van der Waals surface area contributed by atoms with Crippen LogP contribution in [-0.2, 0) is 46.2 Å². The normalized spacial score (nSPS) is 11.9. The molecule has 3 aromatic rings. The van der Waals surface area contributed by atoms with Crippen LogP contribution in [0.3, 0.4) is 0 Å². The molecule has 0 saturated heterocycles. The minimum Gasteiger partial charge on any atom is -0.459 e. The van der Waals surface area contributed by atoms with Crippen LogP contribution in [0.25, 0.3) is 0 Å². The third-order valence-corrected chi connectivity index (χ3v) is 9.73. The summed E-state index contributed by atoms with van der Waals surface area (Å²) in [5, 5.41) is 11.0. The number of nitrogens with one attached hydrogen (secondary N) is 4. The number of hydrogen-bond donors (Lipinski definition) is 5. The number of halogens is 2. The molecule has 0 aliphatic heterocycles. The van der Waals surface area contributed by atoms with E-state index in [0.717, 1.165) is 23.7 Å². The van der Waals surface area contributed by atoms with Gasteiger partial charge in [0.2, 0.25) is 23.7 Å². The Balaban J connectivity index is 1.25. The number of hydrogen-bond acceptors (Lipinski definition) is 10. The highest BCUT2D eigenvalue weighted by Crippen LogP contribution is 2.30. The van der Waals surface area contributed by atoms with Crippen LogP contribution in [0.1, 0.15) is 98.5 Å². The van der Waals surface area contributed by atoms with Crippen LogP contribution in [0.2, 0.25) is 5.02 Å². The number of nitrogens with zero attached hydrogens (tertiary/aromatic N) is 1. The summed E-state index contributed by atoms with van der Waals surface area (Å²) < 4.78 is 29.8. The van der Waals surface area contributed by atoms with Gasteiger partial charge in [0, 0.05) is 45.1 Å². The Morgan fingerprint density at radius 2 is 1.28 bits per heavy atom. The summed E-state index contributed by atoms with van der Waals surface area (Å²) in [4.78, 5) is 66.2. The van der Waals surface area contributed by atoms with E-state index in [0.29, 0.717) is 84.2 Å². The number of amides is 4. The largest absolute Gasteiger partial charge is 0.459 e. The van der Waals surface area contributed by atoms with Crippen LogP contribution in [0.4, 0.5) is 4.39 Å². The second-order valence-electron chi connectivity index (χ2n) is 13.4. The number of nitrogens with two attached hydrogens (primary N) is 1. The second-order valence-corrected chi connectivity index (χ2v) is 14.9. The van der Waals surface area contributed by atoms with E-state index >= 15 is 0 Å². The first-order valence-electron chi connectivity index (χ1n) is 19.6. The summed E-state index contributed by atoms with van der Waals surface area (Å²) >= 11 is 5.67. The van der Waals surface area contributed by atoms with Gasteiger partial charge >= 0.3 is 5.97 Å². The van der Waals surface area contributed by atoms with Gasteiger partial charge in [-0.15, -0.1) is 0 Å². The van der Waals surface area contributed by atoms with Crippen LogP contribution in [0.15, 0.2) is 72.9 Å². The number of pyridine rings is 1. The maximum atomic E-state index is 13.2. The number of aromatic nitrogens is 1. The summed E-state index contributed by atoms with van der Waals surface area (Å²) in [5.41, 5.74) is 7.90. The van der Waals surface area contributed by atoms with E-state index in [1.54, 1.807) is 0 Å². The Morgan fingerprint density at radius 3 is 1.91 bits per heavy atom. The summed E-state index contributed by atoms with van der Waals surface area (Å²) in [7, 11) is -1.50. The smallest absolute Gasteiger partial charge is 0.328 e. The molecule has 0 fully saturated rings. The number of benzene rings is 2. The third kappa shape index (κ3) is 21.3. The Labute approximate surface area is 345 Å². The van der Waals surface area contributed by atoms with Crippen molar-refractivity contribution in [1.82, 2.24) is 26.3 Å². The molecule has 14 nitrogen and oxygen atoms in total. The molecule has 0 saturated carbocycles. The van der Waals surface area contributed by atoms with Gasteiger partial charge in [-0.25, -0.2) is 9.78 Å². The van der Waals surface area contributed by atoms with Gasteiger partial charge in [0.1, 0.15) is 12.6 Å². The molecule has 0 aliphatic rings. The van der Waals surface area contributed by atoms with Crippen molar-refractivity contribution in [2.75, 3.05) is 26.2 Å². The van der Waals surface area contributed by atoms with Crippen LogP contribution >= 0.6 is 20.1 Å². The molecule has 6 N–H and O–H groups in total. The van der Waals surface area contributed by atoms with Crippen molar-refractivity contribution in [3.05, 3.63) is 101 Å². The highest BCUT2D eigenvalue weighted by molar-refractivity contribution is 7.44. The highest BCUT2D eigenvalue weighted by atomic mass is 35.5. The van der Waals surface area contributed by atoms with Gasteiger partial charge < -0.3 is 35.1 Å². The minimum atomic E-state index is -1.50. The first-order chi connectivity index (χ1) is 28.1. The predicted molar refractivity (Wildman–Crippen MR) is 219 cm³/mol. The quantitative estimate of drug-likeness (QED) is 0.0233.